The second-order valence-corrected chi connectivity index (χ2v) is 9.88. The highest BCUT2D eigenvalue weighted by molar-refractivity contribution is 7.89. The van der Waals surface area contributed by atoms with Gasteiger partial charge in [-0.2, -0.15) is 4.31 Å². The molecule has 1 aliphatic heterocycles. The standard InChI is InChI=1S/C21H27N3O5S/c1-15-20(19(29-23-15)11-10-18-9-5-13-28-18)30(26,27)24-12-4-6-16(14-24)21(25)22-17-7-2-3-8-17/h5,9-11,13,16-17H,2-4,6-8,12,14H2,1H3,(H,22,25). The largest absolute Gasteiger partial charge is 0.465 e. The second kappa shape index (κ2) is 8.77. The molecule has 0 aromatic carbocycles. The first-order valence-corrected chi connectivity index (χ1v) is 11.9. The molecule has 2 aromatic rings. The van der Waals surface area contributed by atoms with Gasteiger partial charge in [-0.3, -0.25) is 4.79 Å². The third-order valence-electron chi connectivity index (χ3n) is 5.83. The van der Waals surface area contributed by atoms with E-state index in [1.165, 1.54) is 10.6 Å². The third kappa shape index (κ3) is 4.37. The minimum absolute atomic E-state index is 0.0400. The first-order chi connectivity index (χ1) is 14.4. The van der Waals surface area contributed by atoms with Crippen molar-refractivity contribution in [2.24, 2.45) is 5.92 Å². The Bertz CT molecular complexity index is 1000. The molecule has 1 aliphatic carbocycles. The Hall–Kier alpha value is -2.39. The van der Waals surface area contributed by atoms with Gasteiger partial charge in [-0.05, 0) is 56.9 Å². The van der Waals surface area contributed by atoms with Gasteiger partial charge >= 0.3 is 0 Å². The highest BCUT2D eigenvalue weighted by Crippen LogP contribution is 2.29. The van der Waals surface area contributed by atoms with Crippen molar-refractivity contribution < 1.29 is 22.2 Å². The predicted molar refractivity (Wildman–Crippen MR) is 111 cm³/mol. The summed E-state index contributed by atoms with van der Waals surface area (Å²) in [5.41, 5.74) is 0.298. The molecule has 1 atom stereocenters. The maximum absolute atomic E-state index is 13.4. The molecule has 9 heteroatoms. The van der Waals surface area contributed by atoms with Crippen LogP contribution in [0.1, 0.15) is 55.7 Å². The van der Waals surface area contributed by atoms with Crippen molar-refractivity contribution in [1.29, 1.82) is 0 Å². The molecule has 1 saturated carbocycles. The Morgan fingerprint density at radius 2 is 2.03 bits per heavy atom. The lowest BCUT2D eigenvalue weighted by atomic mass is 9.98. The highest BCUT2D eigenvalue weighted by Gasteiger charge is 2.37. The normalized spacial score (nSPS) is 21.4. The Kier molecular flexibility index (Phi) is 6.10. The Morgan fingerprint density at radius 3 is 2.77 bits per heavy atom. The quantitative estimate of drug-likeness (QED) is 0.750. The van der Waals surface area contributed by atoms with Crippen LogP contribution in [0.25, 0.3) is 12.2 Å². The van der Waals surface area contributed by atoms with Crippen molar-refractivity contribution in [2.45, 2.75) is 56.4 Å². The summed E-state index contributed by atoms with van der Waals surface area (Å²) >= 11 is 0. The fourth-order valence-corrected chi connectivity index (χ4v) is 6.01. The summed E-state index contributed by atoms with van der Waals surface area (Å²) in [5.74, 6) is 0.355. The van der Waals surface area contributed by atoms with Crippen molar-refractivity contribution >= 4 is 28.1 Å². The van der Waals surface area contributed by atoms with Gasteiger partial charge in [0.05, 0.1) is 12.2 Å². The van der Waals surface area contributed by atoms with Crippen molar-refractivity contribution in [3.63, 3.8) is 0 Å². The number of aromatic nitrogens is 1. The molecule has 1 unspecified atom stereocenters. The average Bonchev–Trinajstić information content (AvgIpc) is 3.49. The zero-order valence-electron chi connectivity index (χ0n) is 17.0. The van der Waals surface area contributed by atoms with E-state index in [9.17, 15) is 13.2 Å². The monoisotopic (exact) mass is 433 g/mol. The molecular formula is C21H27N3O5S. The molecule has 4 rings (SSSR count). The number of rotatable bonds is 6. The first kappa shape index (κ1) is 20.9. The van der Waals surface area contributed by atoms with E-state index < -0.39 is 10.0 Å². The van der Waals surface area contributed by atoms with E-state index in [2.05, 4.69) is 10.5 Å². The lowest BCUT2D eigenvalue weighted by Crippen LogP contribution is -2.47. The SMILES string of the molecule is Cc1noc(C=Cc2ccco2)c1S(=O)(=O)N1CCCC(C(=O)NC2CCCC2)C1. The van der Waals surface area contributed by atoms with Crippen LogP contribution in [0.15, 0.2) is 32.2 Å². The summed E-state index contributed by atoms with van der Waals surface area (Å²) in [5, 5.41) is 6.96. The molecule has 1 saturated heterocycles. The zero-order chi connectivity index (χ0) is 21.1. The van der Waals surface area contributed by atoms with Gasteiger partial charge in [0.15, 0.2) is 10.7 Å². The lowest BCUT2D eigenvalue weighted by molar-refractivity contribution is -0.126. The first-order valence-electron chi connectivity index (χ1n) is 10.4. The van der Waals surface area contributed by atoms with Crippen LogP contribution in [-0.4, -0.2) is 42.9 Å². The number of nitrogens with zero attached hydrogens (tertiary/aromatic N) is 2. The van der Waals surface area contributed by atoms with Crippen LogP contribution in [-0.2, 0) is 14.8 Å². The van der Waals surface area contributed by atoms with Crippen LogP contribution >= 0.6 is 0 Å². The molecule has 8 nitrogen and oxygen atoms in total. The van der Waals surface area contributed by atoms with Crippen LogP contribution in [0.2, 0.25) is 0 Å². The van der Waals surface area contributed by atoms with E-state index in [0.29, 0.717) is 30.8 Å². The van der Waals surface area contributed by atoms with E-state index in [-0.39, 0.29) is 35.1 Å². The molecule has 0 spiro atoms. The van der Waals surface area contributed by atoms with Gasteiger partial charge in [-0.15, -0.1) is 0 Å². The van der Waals surface area contributed by atoms with Crippen LogP contribution in [0, 0.1) is 12.8 Å². The van der Waals surface area contributed by atoms with Gasteiger partial charge in [0.1, 0.15) is 11.5 Å². The summed E-state index contributed by atoms with van der Waals surface area (Å²) in [6.45, 7) is 2.16. The maximum Gasteiger partial charge on any atom is 0.248 e. The summed E-state index contributed by atoms with van der Waals surface area (Å²) < 4.78 is 38.7. The number of hydrogen-bond donors (Lipinski definition) is 1. The molecule has 162 valence electrons. The number of carbonyl (C=O) groups is 1. The van der Waals surface area contributed by atoms with Gasteiger partial charge in [-0.1, -0.05) is 18.0 Å². The van der Waals surface area contributed by atoms with Gasteiger partial charge in [0.25, 0.3) is 0 Å². The van der Waals surface area contributed by atoms with E-state index in [4.69, 9.17) is 8.94 Å². The van der Waals surface area contributed by atoms with Crippen LogP contribution in [0.4, 0.5) is 0 Å². The van der Waals surface area contributed by atoms with E-state index in [1.54, 1.807) is 31.2 Å². The minimum atomic E-state index is -3.85. The highest BCUT2D eigenvalue weighted by atomic mass is 32.2. The molecule has 2 aliphatic rings. The molecule has 30 heavy (non-hydrogen) atoms. The number of piperidine rings is 1. The maximum atomic E-state index is 13.4. The van der Waals surface area contributed by atoms with Crippen LogP contribution in [0.3, 0.4) is 0 Å². The van der Waals surface area contributed by atoms with E-state index in [1.807, 2.05) is 0 Å². The van der Waals surface area contributed by atoms with Gasteiger partial charge in [0, 0.05) is 19.1 Å². The van der Waals surface area contributed by atoms with Crippen molar-refractivity contribution in [2.75, 3.05) is 13.1 Å². The zero-order valence-corrected chi connectivity index (χ0v) is 17.9. The van der Waals surface area contributed by atoms with Gasteiger partial charge in [-0.25, -0.2) is 8.42 Å². The number of carbonyl (C=O) groups excluding carboxylic acids is 1. The summed E-state index contributed by atoms with van der Waals surface area (Å²) in [6.07, 6.45) is 10.3. The Morgan fingerprint density at radius 1 is 1.23 bits per heavy atom. The molecule has 0 bridgehead atoms. The fourth-order valence-electron chi connectivity index (χ4n) is 4.24. The number of aryl methyl sites for hydroxylation is 1. The van der Waals surface area contributed by atoms with Crippen LogP contribution < -0.4 is 5.32 Å². The number of nitrogens with one attached hydrogen (secondary N) is 1. The molecule has 2 aromatic heterocycles. The minimum Gasteiger partial charge on any atom is -0.465 e. The molecule has 1 amide bonds. The van der Waals surface area contributed by atoms with Gasteiger partial charge < -0.3 is 14.3 Å². The topological polar surface area (TPSA) is 106 Å². The van der Waals surface area contributed by atoms with Crippen molar-refractivity contribution in [3.05, 3.63) is 35.6 Å². The molecular weight excluding hydrogens is 406 g/mol. The molecule has 0 radical (unpaired) electrons. The molecule has 3 heterocycles. The molecule has 2 fully saturated rings. The van der Waals surface area contributed by atoms with Crippen molar-refractivity contribution in [3.8, 4) is 0 Å². The summed E-state index contributed by atoms with van der Waals surface area (Å²) in [6, 6.07) is 3.72. The van der Waals surface area contributed by atoms with E-state index in [0.717, 1.165) is 25.7 Å². The van der Waals surface area contributed by atoms with Crippen molar-refractivity contribution in [1.82, 2.24) is 14.8 Å². The Balaban J connectivity index is 1.51. The smallest absolute Gasteiger partial charge is 0.248 e. The summed E-state index contributed by atoms with van der Waals surface area (Å²) in [4.78, 5) is 12.7. The fraction of sp³-hybridized carbons (Fsp3) is 0.524. The second-order valence-electron chi connectivity index (χ2n) is 8.00. The van der Waals surface area contributed by atoms with Gasteiger partial charge in [0.2, 0.25) is 15.9 Å². The van der Waals surface area contributed by atoms with E-state index >= 15 is 0 Å². The van der Waals surface area contributed by atoms with Crippen LogP contribution in [0.5, 0.6) is 0 Å². The predicted octanol–water partition coefficient (Wildman–Crippen LogP) is 3.21. The third-order valence-corrected chi connectivity index (χ3v) is 7.85. The average molecular weight is 434 g/mol. The molecule has 1 N–H and O–H groups in total. The summed E-state index contributed by atoms with van der Waals surface area (Å²) in [7, 11) is -3.85. The number of furan rings is 1. The Labute approximate surface area is 176 Å². The number of amides is 1. The number of sulfonamides is 1. The lowest BCUT2D eigenvalue weighted by Gasteiger charge is -2.31. The number of hydrogen-bond acceptors (Lipinski definition) is 6.